The van der Waals surface area contributed by atoms with Crippen molar-refractivity contribution in [1.29, 1.82) is 0 Å². The third kappa shape index (κ3) is 1.66. The van der Waals surface area contributed by atoms with Gasteiger partial charge in [-0.2, -0.15) is 0 Å². The van der Waals surface area contributed by atoms with E-state index < -0.39 is 0 Å². The maximum Gasteiger partial charge on any atom is 0.142 e. The molecule has 0 bridgehead atoms. The van der Waals surface area contributed by atoms with Crippen molar-refractivity contribution >= 4 is 11.0 Å². The van der Waals surface area contributed by atoms with E-state index >= 15 is 0 Å². The normalized spacial score (nSPS) is 10.9. The standard InChI is InChI=1S/C13H9FN2O2/c14-7-1-3-10-11(5-7)16-13(15-10)9-6-8(17)2-4-12(9)18/h1-6,17-18H,(H,15,16). The number of aromatic nitrogens is 2. The summed E-state index contributed by atoms with van der Waals surface area (Å²) in [4.78, 5) is 7.13. The molecule has 18 heavy (non-hydrogen) atoms. The van der Waals surface area contributed by atoms with Crippen molar-refractivity contribution in [2.75, 3.05) is 0 Å². The van der Waals surface area contributed by atoms with Crippen LogP contribution in [0.2, 0.25) is 0 Å². The molecule has 0 amide bonds. The van der Waals surface area contributed by atoms with Gasteiger partial charge in [0.05, 0.1) is 16.6 Å². The number of halogens is 1. The van der Waals surface area contributed by atoms with Crippen molar-refractivity contribution in [3.05, 3.63) is 42.2 Å². The van der Waals surface area contributed by atoms with Crippen LogP contribution < -0.4 is 0 Å². The summed E-state index contributed by atoms with van der Waals surface area (Å²) in [5.74, 6) is 0.0311. The van der Waals surface area contributed by atoms with Gasteiger partial charge in [0.25, 0.3) is 0 Å². The molecule has 90 valence electrons. The Morgan fingerprint density at radius 2 is 1.89 bits per heavy atom. The summed E-state index contributed by atoms with van der Waals surface area (Å²) >= 11 is 0. The molecule has 1 heterocycles. The molecule has 5 heteroatoms. The Bertz CT molecular complexity index is 737. The van der Waals surface area contributed by atoms with E-state index in [0.717, 1.165) is 0 Å². The van der Waals surface area contributed by atoms with Crippen molar-refractivity contribution < 1.29 is 14.6 Å². The highest BCUT2D eigenvalue weighted by atomic mass is 19.1. The predicted molar refractivity (Wildman–Crippen MR) is 64.8 cm³/mol. The number of rotatable bonds is 1. The number of benzene rings is 2. The first-order valence-electron chi connectivity index (χ1n) is 5.31. The van der Waals surface area contributed by atoms with Gasteiger partial charge in [-0.05, 0) is 36.4 Å². The molecule has 0 fully saturated rings. The Morgan fingerprint density at radius 1 is 1.06 bits per heavy atom. The third-order valence-corrected chi connectivity index (χ3v) is 2.68. The van der Waals surface area contributed by atoms with E-state index in [1.165, 1.54) is 30.3 Å². The number of phenols is 2. The molecule has 3 aromatic rings. The first-order valence-corrected chi connectivity index (χ1v) is 5.31. The Balaban J connectivity index is 2.22. The summed E-state index contributed by atoms with van der Waals surface area (Å²) in [6.45, 7) is 0. The van der Waals surface area contributed by atoms with Gasteiger partial charge in [0, 0.05) is 0 Å². The zero-order chi connectivity index (χ0) is 12.7. The fourth-order valence-electron chi connectivity index (χ4n) is 1.82. The topological polar surface area (TPSA) is 69.1 Å². The first-order chi connectivity index (χ1) is 8.63. The number of aromatic hydroxyl groups is 2. The lowest BCUT2D eigenvalue weighted by Gasteiger charge is -2.01. The number of hydrogen-bond donors (Lipinski definition) is 3. The zero-order valence-electron chi connectivity index (χ0n) is 9.18. The Morgan fingerprint density at radius 3 is 2.72 bits per heavy atom. The summed E-state index contributed by atoms with van der Waals surface area (Å²) in [5, 5.41) is 19.1. The van der Waals surface area contributed by atoms with Crippen LogP contribution in [-0.4, -0.2) is 20.2 Å². The second-order valence-electron chi connectivity index (χ2n) is 3.95. The summed E-state index contributed by atoms with van der Waals surface area (Å²) in [6, 6.07) is 8.33. The van der Waals surface area contributed by atoms with E-state index in [0.29, 0.717) is 22.4 Å². The number of fused-ring (bicyclic) bond motifs is 1. The molecule has 1 aromatic heterocycles. The van der Waals surface area contributed by atoms with Crippen LogP contribution in [0.5, 0.6) is 11.5 Å². The predicted octanol–water partition coefficient (Wildman–Crippen LogP) is 2.78. The van der Waals surface area contributed by atoms with Gasteiger partial charge >= 0.3 is 0 Å². The van der Waals surface area contributed by atoms with E-state index in [4.69, 9.17) is 0 Å². The lowest BCUT2D eigenvalue weighted by molar-refractivity contribution is 0.461. The fourth-order valence-corrected chi connectivity index (χ4v) is 1.82. The average Bonchev–Trinajstić information content (AvgIpc) is 2.74. The molecular formula is C13H9FN2O2. The Hall–Kier alpha value is -2.56. The second-order valence-corrected chi connectivity index (χ2v) is 3.95. The quantitative estimate of drug-likeness (QED) is 0.576. The molecule has 0 aliphatic heterocycles. The van der Waals surface area contributed by atoms with Crippen LogP contribution in [0.4, 0.5) is 4.39 Å². The van der Waals surface area contributed by atoms with E-state index in [9.17, 15) is 14.6 Å². The van der Waals surface area contributed by atoms with Gasteiger partial charge in [0.15, 0.2) is 0 Å². The van der Waals surface area contributed by atoms with Crippen LogP contribution in [-0.2, 0) is 0 Å². The highest BCUT2D eigenvalue weighted by Gasteiger charge is 2.10. The van der Waals surface area contributed by atoms with Crippen LogP contribution in [0.3, 0.4) is 0 Å². The van der Waals surface area contributed by atoms with Crippen molar-refractivity contribution in [3.8, 4) is 22.9 Å². The summed E-state index contributed by atoms with van der Waals surface area (Å²) in [6.07, 6.45) is 0. The summed E-state index contributed by atoms with van der Waals surface area (Å²) in [7, 11) is 0. The van der Waals surface area contributed by atoms with E-state index in [-0.39, 0.29) is 17.3 Å². The fraction of sp³-hybridized carbons (Fsp3) is 0. The molecule has 0 spiro atoms. The van der Waals surface area contributed by atoms with E-state index in [2.05, 4.69) is 9.97 Å². The third-order valence-electron chi connectivity index (χ3n) is 2.68. The minimum Gasteiger partial charge on any atom is -0.508 e. The summed E-state index contributed by atoms with van der Waals surface area (Å²) < 4.78 is 13.1. The maximum atomic E-state index is 13.1. The van der Waals surface area contributed by atoms with Crippen LogP contribution >= 0.6 is 0 Å². The molecule has 0 radical (unpaired) electrons. The van der Waals surface area contributed by atoms with Crippen LogP contribution in [0.15, 0.2) is 36.4 Å². The molecule has 3 N–H and O–H groups in total. The minimum atomic E-state index is -0.363. The smallest absolute Gasteiger partial charge is 0.142 e. The largest absolute Gasteiger partial charge is 0.508 e. The van der Waals surface area contributed by atoms with E-state index in [1.54, 1.807) is 6.07 Å². The van der Waals surface area contributed by atoms with Crippen molar-refractivity contribution in [3.63, 3.8) is 0 Å². The molecule has 0 saturated heterocycles. The van der Waals surface area contributed by atoms with Crippen LogP contribution in [0.1, 0.15) is 0 Å². The highest BCUT2D eigenvalue weighted by molar-refractivity contribution is 5.80. The van der Waals surface area contributed by atoms with Crippen molar-refractivity contribution in [1.82, 2.24) is 9.97 Å². The van der Waals surface area contributed by atoms with Crippen molar-refractivity contribution in [2.45, 2.75) is 0 Å². The summed E-state index contributed by atoms with van der Waals surface area (Å²) in [5.41, 5.74) is 1.49. The second kappa shape index (κ2) is 3.73. The lowest BCUT2D eigenvalue weighted by atomic mass is 10.2. The Kier molecular flexibility index (Phi) is 2.19. The molecule has 0 unspecified atom stereocenters. The molecule has 3 rings (SSSR count). The molecule has 4 nitrogen and oxygen atoms in total. The monoisotopic (exact) mass is 244 g/mol. The minimum absolute atomic E-state index is 0.00710. The number of H-pyrrole nitrogens is 1. The van der Waals surface area contributed by atoms with Gasteiger partial charge in [-0.3, -0.25) is 0 Å². The number of nitrogens with zero attached hydrogens (tertiary/aromatic N) is 1. The highest BCUT2D eigenvalue weighted by Crippen LogP contribution is 2.31. The molecular weight excluding hydrogens is 235 g/mol. The van der Waals surface area contributed by atoms with Gasteiger partial charge in [-0.1, -0.05) is 0 Å². The number of phenolic OH excluding ortho intramolecular Hbond substituents is 2. The maximum absolute atomic E-state index is 13.1. The number of aromatic amines is 1. The molecule has 0 saturated carbocycles. The number of nitrogens with one attached hydrogen (secondary N) is 1. The molecule has 2 aromatic carbocycles. The van der Waals surface area contributed by atoms with E-state index in [1.807, 2.05) is 0 Å². The SMILES string of the molecule is Oc1ccc(O)c(-c2nc3ccc(F)cc3[nH]2)c1. The van der Waals surface area contributed by atoms with Crippen LogP contribution in [0, 0.1) is 5.82 Å². The van der Waals surface area contributed by atoms with Gasteiger partial charge in [0.2, 0.25) is 0 Å². The van der Waals surface area contributed by atoms with Crippen molar-refractivity contribution in [2.24, 2.45) is 0 Å². The number of hydrogen-bond acceptors (Lipinski definition) is 3. The first kappa shape index (κ1) is 10.6. The molecule has 0 aliphatic rings. The van der Waals surface area contributed by atoms with Gasteiger partial charge in [0.1, 0.15) is 23.1 Å². The molecule has 0 aliphatic carbocycles. The zero-order valence-corrected chi connectivity index (χ0v) is 9.18. The Labute approximate surface area is 101 Å². The van der Waals surface area contributed by atoms with Crippen LogP contribution in [0.25, 0.3) is 22.4 Å². The van der Waals surface area contributed by atoms with Gasteiger partial charge < -0.3 is 15.2 Å². The van der Waals surface area contributed by atoms with Gasteiger partial charge in [-0.25, -0.2) is 9.37 Å². The molecule has 0 atom stereocenters. The average molecular weight is 244 g/mol. The van der Waals surface area contributed by atoms with Gasteiger partial charge in [-0.15, -0.1) is 0 Å². The lowest BCUT2D eigenvalue weighted by Crippen LogP contribution is -1.81. The number of imidazole rings is 1.